The van der Waals surface area contributed by atoms with E-state index in [0.717, 1.165) is 18.4 Å². The monoisotopic (exact) mass is 624 g/mol. The normalized spacial score (nSPS) is 12.5. The lowest BCUT2D eigenvalue weighted by atomic mass is 10.0. The SMILES string of the molecule is CCc1cc(Nc2nccn3c(-c4ccc(OC)c(F)c4F)cnc23)ccc1C(=O)NC[C@@H](O)CNC(=O)[C@H](N)CCCCN. The van der Waals surface area contributed by atoms with Gasteiger partial charge in [-0.25, -0.2) is 14.4 Å². The zero-order valence-electron chi connectivity index (χ0n) is 25.1. The number of halogens is 2. The van der Waals surface area contributed by atoms with E-state index >= 15 is 0 Å². The van der Waals surface area contributed by atoms with Crippen LogP contribution in [-0.2, 0) is 11.2 Å². The number of nitrogens with two attached hydrogens (primary N) is 2. The third kappa shape index (κ3) is 7.90. The lowest BCUT2D eigenvalue weighted by molar-refractivity contribution is -0.122. The Kier molecular flexibility index (Phi) is 11.4. The molecule has 8 N–H and O–H groups in total. The van der Waals surface area contributed by atoms with Crippen LogP contribution in [0, 0.1) is 11.6 Å². The molecule has 0 radical (unpaired) electrons. The number of nitrogens with one attached hydrogen (secondary N) is 3. The second-order valence-corrected chi connectivity index (χ2v) is 10.4. The summed E-state index contributed by atoms with van der Waals surface area (Å²) in [6.45, 7) is 2.31. The van der Waals surface area contributed by atoms with Gasteiger partial charge in [-0.15, -0.1) is 0 Å². The van der Waals surface area contributed by atoms with Crippen molar-refractivity contribution in [2.75, 3.05) is 32.1 Å². The average molecular weight is 625 g/mol. The zero-order chi connectivity index (χ0) is 32.5. The van der Waals surface area contributed by atoms with E-state index in [2.05, 4.69) is 25.9 Å². The Morgan fingerprint density at radius 3 is 2.60 bits per heavy atom. The molecule has 0 aliphatic heterocycles. The molecule has 14 heteroatoms. The first kappa shape index (κ1) is 33.2. The van der Waals surface area contributed by atoms with Crippen LogP contribution in [-0.4, -0.2) is 70.2 Å². The van der Waals surface area contributed by atoms with E-state index in [4.69, 9.17) is 16.2 Å². The second kappa shape index (κ2) is 15.4. The van der Waals surface area contributed by atoms with Gasteiger partial charge < -0.3 is 37.3 Å². The molecule has 0 saturated carbocycles. The van der Waals surface area contributed by atoms with Crippen LogP contribution in [0.15, 0.2) is 48.9 Å². The van der Waals surface area contributed by atoms with Crippen LogP contribution in [0.25, 0.3) is 16.9 Å². The fraction of sp³-hybridized carbons (Fsp3) is 0.355. The van der Waals surface area contributed by atoms with Crippen molar-refractivity contribution in [1.29, 1.82) is 0 Å². The topological polar surface area (TPSA) is 182 Å². The van der Waals surface area contributed by atoms with Crippen LogP contribution in [0.4, 0.5) is 20.3 Å². The lowest BCUT2D eigenvalue weighted by Gasteiger charge is -2.17. The number of fused-ring (bicyclic) bond motifs is 1. The maximum atomic E-state index is 14.8. The quantitative estimate of drug-likeness (QED) is 0.108. The highest BCUT2D eigenvalue weighted by Crippen LogP contribution is 2.31. The number of aromatic nitrogens is 3. The Morgan fingerprint density at radius 2 is 1.87 bits per heavy atom. The van der Waals surface area contributed by atoms with Gasteiger partial charge in [0.2, 0.25) is 11.7 Å². The summed E-state index contributed by atoms with van der Waals surface area (Å²) < 4.78 is 35.7. The molecule has 0 aliphatic rings. The molecule has 2 heterocycles. The first-order chi connectivity index (χ1) is 21.7. The molecule has 0 fully saturated rings. The lowest BCUT2D eigenvalue weighted by Crippen LogP contribution is -2.45. The number of nitrogens with zero attached hydrogens (tertiary/aromatic N) is 3. The molecule has 0 unspecified atom stereocenters. The minimum Gasteiger partial charge on any atom is -0.494 e. The van der Waals surface area contributed by atoms with Gasteiger partial charge in [0.15, 0.2) is 23.0 Å². The maximum Gasteiger partial charge on any atom is 0.251 e. The summed E-state index contributed by atoms with van der Waals surface area (Å²) in [5.74, 6) is -2.74. The van der Waals surface area contributed by atoms with Crippen molar-refractivity contribution >= 4 is 29.0 Å². The number of anilines is 2. The molecule has 2 aromatic heterocycles. The molecule has 2 amide bonds. The second-order valence-electron chi connectivity index (χ2n) is 10.4. The van der Waals surface area contributed by atoms with E-state index in [-0.39, 0.29) is 36.2 Å². The van der Waals surface area contributed by atoms with Crippen LogP contribution in [0.3, 0.4) is 0 Å². The van der Waals surface area contributed by atoms with Crippen molar-refractivity contribution in [1.82, 2.24) is 25.0 Å². The number of rotatable bonds is 15. The molecule has 2 aromatic carbocycles. The average Bonchev–Trinajstić information content (AvgIpc) is 3.48. The van der Waals surface area contributed by atoms with Gasteiger partial charge in [-0.2, -0.15) is 4.39 Å². The highest BCUT2D eigenvalue weighted by atomic mass is 19.2. The van der Waals surface area contributed by atoms with Crippen molar-refractivity contribution in [3.05, 3.63) is 71.7 Å². The number of unbranched alkanes of at least 4 members (excludes halogenated alkanes) is 1. The molecule has 240 valence electrons. The number of ether oxygens (including phenoxy) is 1. The summed E-state index contributed by atoms with van der Waals surface area (Å²) in [7, 11) is 1.26. The fourth-order valence-corrected chi connectivity index (χ4v) is 4.78. The summed E-state index contributed by atoms with van der Waals surface area (Å²) in [4.78, 5) is 33.8. The molecule has 4 aromatic rings. The Hall–Kier alpha value is -4.66. The number of aliphatic hydroxyl groups excluding tert-OH is 1. The Labute approximate surface area is 259 Å². The van der Waals surface area contributed by atoms with E-state index in [9.17, 15) is 23.5 Å². The molecular weight excluding hydrogens is 586 g/mol. The number of carbonyl (C=O) groups is 2. The van der Waals surface area contributed by atoms with Crippen molar-refractivity contribution in [2.24, 2.45) is 11.5 Å². The molecule has 4 rings (SSSR count). The Balaban J connectivity index is 1.41. The van der Waals surface area contributed by atoms with E-state index in [0.29, 0.717) is 47.8 Å². The number of benzene rings is 2. The first-order valence-electron chi connectivity index (χ1n) is 14.6. The van der Waals surface area contributed by atoms with Gasteiger partial charge in [-0.05, 0) is 61.7 Å². The maximum absolute atomic E-state index is 14.8. The number of methoxy groups -OCH3 is 1. The summed E-state index contributed by atoms with van der Waals surface area (Å²) in [5, 5.41) is 18.8. The summed E-state index contributed by atoms with van der Waals surface area (Å²) >= 11 is 0. The third-order valence-corrected chi connectivity index (χ3v) is 7.28. The van der Waals surface area contributed by atoms with Crippen molar-refractivity contribution in [3.8, 4) is 17.0 Å². The van der Waals surface area contributed by atoms with E-state index in [1.54, 1.807) is 28.8 Å². The van der Waals surface area contributed by atoms with Crippen molar-refractivity contribution in [2.45, 2.75) is 44.8 Å². The standard InChI is InChI=1S/C31H38F2N8O4/c1-3-18-14-19(7-8-21(18)30(43)38-15-20(42)16-39-31(44)23(35)6-4-5-11-34)40-28-29-37-17-24(41(29)13-12-36-28)22-9-10-25(45-2)27(33)26(22)32/h7-10,12-14,17,20,23,42H,3-6,11,15-16,34-35H2,1-2H3,(H,36,40)(H,38,43)(H,39,44)/t20-,23-/m1/s1. The molecule has 12 nitrogen and oxygen atoms in total. The van der Waals surface area contributed by atoms with Crippen LogP contribution < -0.4 is 32.2 Å². The van der Waals surface area contributed by atoms with E-state index in [1.807, 2.05) is 6.92 Å². The number of imidazole rings is 1. The highest BCUT2D eigenvalue weighted by molar-refractivity contribution is 5.96. The summed E-state index contributed by atoms with van der Waals surface area (Å²) in [6.07, 6.45) is 6.07. The number of aliphatic hydroxyl groups is 1. The predicted molar refractivity (Wildman–Crippen MR) is 166 cm³/mol. The van der Waals surface area contributed by atoms with Crippen molar-refractivity contribution in [3.63, 3.8) is 0 Å². The van der Waals surface area contributed by atoms with Crippen LogP contribution in [0.2, 0.25) is 0 Å². The molecule has 0 aliphatic carbocycles. The van der Waals surface area contributed by atoms with Gasteiger partial charge in [0, 0.05) is 42.3 Å². The van der Waals surface area contributed by atoms with Crippen LogP contribution >= 0.6 is 0 Å². The smallest absolute Gasteiger partial charge is 0.251 e. The van der Waals surface area contributed by atoms with Gasteiger partial charge >= 0.3 is 0 Å². The number of amides is 2. The summed E-state index contributed by atoms with van der Waals surface area (Å²) in [5.41, 5.74) is 13.8. The number of hydrogen-bond acceptors (Lipinski definition) is 9. The molecule has 0 saturated heterocycles. The number of hydrogen-bond donors (Lipinski definition) is 6. The van der Waals surface area contributed by atoms with Gasteiger partial charge in [-0.3, -0.25) is 14.0 Å². The first-order valence-corrected chi connectivity index (χ1v) is 14.6. The third-order valence-electron chi connectivity index (χ3n) is 7.28. The highest BCUT2D eigenvalue weighted by Gasteiger charge is 2.20. The molecule has 0 bridgehead atoms. The van der Waals surface area contributed by atoms with E-state index < -0.39 is 23.8 Å². The van der Waals surface area contributed by atoms with Crippen molar-refractivity contribution < 1.29 is 28.2 Å². The van der Waals surface area contributed by atoms with Gasteiger partial charge in [-0.1, -0.05) is 13.3 Å². The fourth-order valence-electron chi connectivity index (χ4n) is 4.78. The van der Waals surface area contributed by atoms with Gasteiger partial charge in [0.25, 0.3) is 5.91 Å². The van der Waals surface area contributed by atoms with Crippen LogP contribution in [0.1, 0.15) is 42.1 Å². The minimum atomic E-state index is -1.09. The predicted octanol–water partition coefficient (Wildman–Crippen LogP) is 2.65. The Morgan fingerprint density at radius 1 is 1.09 bits per heavy atom. The molecule has 45 heavy (non-hydrogen) atoms. The molecule has 2 atom stereocenters. The molecule has 0 spiro atoms. The van der Waals surface area contributed by atoms with E-state index in [1.165, 1.54) is 31.6 Å². The van der Waals surface area contributed by atoms with Gasteiger partial charge in [0.1, 0.15) is 0 Å². The number of carbonyl (C=O) groups excluding carboxylic acids is 2. The number of aryl methyl sites for hydroxylation is 1. The minimum absolute atomic E-state index is 0.0102. The summed E-state index contributed by atoms with van der Waals surface area (Å²) in [6, 6.07) is 7.23. The zero-order valence-corrected chi connectivity index (χ0v) is 25.1. The Bertz CT molecular complexity index is 1650. The van der Waals surface area contributed by atoms with Gasteiger partial charge in [0.05, 0.1) is 31.1 Å². The van der Waals surface area contributed by atoms with Crippen LogP contribution in [0.5, 0.6) is 5.75 Å². The molecular formula is C31H38F2N8O4. The largest absolute Gasteiger partial charge is 0.494 e.